The summed E-state index contributed by atoms with van der Waals surface area (Å²) in [5.74, 6) is -5.51. The average molecular weight is 288 g/mol. The Morgan fingerprint density at radius 3 is 0.778 bits per heavy atom. The fourth-order valence-corrected chi connectivity index (χ4v) is 0. The van der Waals surface area contributed by atoms with Crippen molar-refractivity contribution >= 4 is 18.0 Å². The maximum absolute atomic E-state index is 10.6. The van der Waals surface area contributed by atoms with Crippen LogP contribution in [0.1, 0.15) is 0 Å². The van der Waals surface area contributed by atoms with Gasteiger partial charge in [0.1, 0.15) is 0 Å². The van der Waals surface area contributed by atoms with E-state index in [2.05, 4.69) is 11.5 Å². The van der Waals surface area contributed by atoms with E-state index in [-0.39, 0.29) is 0 Å². The van der Waals surface area contributed by atoms with Crippen LogP contribution in [0.15, 0.2) is 0 Å². The molecule has 0 saturated heterocycles. The molecular weight excluding hydrogens is 282 g/mol. The van der Waals surface area contributed by atoms with E-state index in [1.165, 1.54) is 0 Å². The quantitative estimate of drug-likeness (QED) is 0.473. The first-order valence-corrected chi connectivity index (χ1v) is 3.27. The summed E-state index contributed by atoms with van der Waals surface area (Å²) < 4.78 is 63.5. The van der Waals surface area contributed by atoms with Crippen molar-refractivity contribution in [3.8, 4) is 0 Å². The normalized spacial score (nSPS) is 10.1. The number of hydrogen-bond acceptors (Lipinski definition) is 3. The lowest BCUT2D eigenvalue weighted by Crippen LogP contribution is -2.21. The van der Waals surface area contributed by atoms with Gasteiger partial charge in [-0.15, -0.1) is 0 Å². The molecule has 0 aromatic rings. The Hall–Kier alpha value is -2.21. The van der Waals surface area contributed by atoms with Gasteiger partial charge in [0.25, 0.3) is 0 Å². The zero-order valence-electron chi connectivity index (χ0n) is 8.04. The Morgan fingerprint density at radius 1 is 0.722 bits per heavy atom. The summed E-state index contributed by atoms with van der Waals surface area (Å²) >= 11 is 0. The van der Waals surface area contributed by atoms with Crippen molar-refractivity contribution in [1.29, 1.82) is 0 Å². The van der Waals surface area contributed by atoms with Crippen LogP contribution < -0.4 is 11.5 Å². The summed E-state index contributed by atoms with van der Waals surface area (Å²) in [5, 5.41) is 14.2. The molecule has 0 rings (SSSR count). The van der Waals surface area contributed by atoms with Gasteiger partial charge in [-0.2, -0.15) is 26.3 Å². The molecule has 0 unspecified atom stereocenters. The van der Waals surface area contributed by atoms with Crippen LogP contribution in [0.4, 0.5) is 31.1 Å². The van der Waals surface area contributed by atoms with Gasteiger partial charge in [0.15, 0.2) is 0 Å². The van der Waals surface area contributed by atoms with E-state index in [0.717, 1.165) is 0 Å². The number of aliphatic carboxylic acids is 2. The van der Waals surface area contributed by atoms with Gasteiger partial charge in [-0.05, 0) is 0 Å². The van der Waals surface area contributed by atoms with Crippen molar-refractivity contribution in [2.45, 2.75) is 12.4 Å². The van der Waals surface area contributed by atoms with E-state index >= 15 is 0 Å². The van der Waals surface area contributed by atoms with Gasteiger partial charge in [0, 0.05) is 0 Å². The van der Waals surface area contributed by atoms with E-state index in [4.69, 9.17) is 24.6 Å². The highest BCUT2D eigenvalue weighted by molar-refractivity contribution is 5.73. The highest BCUT2D eigenvalue weighted by Gasteiger charge is 2.38. The third-order valence-corrected chi connectivity index (χ3v) is 0.485. The third-order valence-electron chi connectivity index (χ3n) is 0.485. The number of nitrogens with two attached hydrogens (primary N) is 2. The van der Waals surface area contributed by atoms with Gasteiger partial charge in [-0.25, -0.2) is 14.4 Å². The van der Waals surface area contributed by atoms with Gasteiger partial charge in [0.2, 0.25) is 0 Å². The molecule has 0 bridgehead atoms. The molecule has 0 radical (unpaired) electrons. The van der Waals surface area contributed by atoms with Crippen molar-refractivity contribution in [3.63, 3.8) is 0 Å². The lowest BCUT2D eigenvalue weighted by Gasteiger charge is -1.93. The standard InChI is InChI=1S/2C2HF3O2.CH4N2O/c2*3-2(4,5)1(6)7;2-1(3)4/h2*(H,6,7);(H4,2,3,4). The molecule has 0 aromatic carbocycles. The zero-order valence-corrected chi connectivity index (χ0v) is 8.04. The van der Waals surface area contributed by atoms with Crippen LogP contribution >= 0.6 is 0 Å². The van der Waals surface area contributed by atoms with E-state index in [1.807, 2.05) is 0 Å². The number of hydrogen-bond donors (Lipinski definition) is 4. The fraction of sp³-hybridized carbons (Fsp3) is 0.400. The van der Waals surface area contributed by atoms with E-state index in [0.29, 0.717) is 0 Å². The Labute approximate surface area is 94.0 Å². The lowest BCUT2D eigenvalue weighted by molar-refractivity contribution is -0.193. The topological polar surface area (TPSA) is 144 Å². The Bertz CT molecular complexity index is 270. The lowest BCUT2D eigenvalue weighted by atomic mass is 10.7. The molecule has 108 valence electrons. The number of carbonyl (C=O) groups is 3. The zero-order chi connectivity index (χ0) is 15.7. The molecule has 0 fully saturated rings. The predicted octanol–water partition coefficient (Wildman–Crippen LogP) is 0.290. The van der Waals surface area contributed by atoms with Crippen LogP contribution in [0.2, 0.25) is 0 Å². The summed E-state index contributed by atoms with van der Waals surface area (Å²) in [6.45, 7) is 0. The SMILES string of the molecule is NC(N)=O.O=C(O)C(F)(F)F.O=C(O)C(F)(F)F. The number of carboxylic acids is 2. The first kappa shape index (κ1) is 21.1. The molecule has 7 nitrogen and oxygen atoms in total. The van der Waals surface area contributed by atoms with Gasteiger partial charge in [0.05, 0.1) is 0 Å². The minimum absolute atomic E-state index is 0.833. The predicted molar refractivity (Wildman–Crippen MR) is 41.2 cm³/mol. The largest absolute Gasteiger partial charge is 0.490 e. The van der Waals surface area contributed by atoms with Crippen molar-refractivity contribution in [2.75, 3.05) is 0 Å². The summed E-state index contributed by atoms with van der Waals surface area (Å²) in [6.07, 6.45) is -10.2. The average Bonchev–Trinajstić information content (AvgIpc) is 1.99. The molecule has 0 aromatic heterocycles. The summed E-state index contributed by atoms with van der Waals surface area (Å²) in [6, 6.07) is -0.833. The first-order chi connectivity index (χ1) is 7.62. The van der Waals surface area contributed by atoms with Gasteiger partial charge < -0.3 is 21.7 Å². The Balaban J connectivity index is -0.000000196. The molecule has 18 heavy (non-hydrogen) atoms. The first-order valence-electron chi connectivity index (χ1n) is 3.27. The van der Waals surface area contributed by atoms with Crippen molar-refractivity contribution < 1.29 is 50.9 Å². The smallest absolute Gasteiger partial charge is 0.475 e. The highest BCUT2D eigenvalue weighted by atomic mass is 19.4. The summed E-state index contributed by atoms with van der Waals surface area (Å²) in [4.78, 5) is 26.8. The van der Waals surface area contributed by atoms with Crippen molar-refractivity contribution in [2.24, 2.45) is 11.5 Å². The third kappa shape index (κ3) is 23.5. The molecule has 0 saturated carbocycles. The number of urea groups is 1. The van der Waals surface area contributed by atoms with Crippen LogP contribution in [0.25, 0.3) is 0 Å². The molecule has 0 aliphatic heterocycles. The fourth-order valence-electron chi connectivity index (χ4n) is 0. The second-order valence-corrected chi connectivity index (χ2v) is 2.01. The molecule has 0 heterocycles. The van der Waals surface area contributed by atoms with Crippen LogP contribution in [0.5, 0.6) is 0 Å². The summed E-state index contributed by atoms with van der Waals surface area (Å²) in [5.41, 5.74) is 8.50. The van der Waals surface area contributed by atoms with Crippen molar-refractivity contribution in [1.82, 2.24) is 0 Å². The molecule has 6 N–H and O–H groups in total. The van der Waals surface area contributed by atoms with E-state index in [9.17, 15) is 26.3 Å². The molecule has 0 aliphatic rings. The van der Waals surface area contributed by atoms with Crippen molar-refractivity contribution in [3.05, 3.63) is 0 Å². The number of carbonyl (C=O) groups excluding carboxylic acids is 1. The number of carboxylic acid groups (broad SMARTS) is 2. The monoisotopic (exact) mass is 288 g/mol. The van der Waals surface area contributed by atoms with Gasteiger partial charge in [-0.3, -0.25) is 0 Å². The van der Waals surface area contributed by atoms with Crippen LogP contribution in [-0.4, -0.2) is 40.5 Å². The van der Waals surface area contributed by atoms with Gasteiger partial charge >= 0.3 is 30.3 Å². The maximum Gasteiger partial charge on any atom is 0.490 e. The second kappa shape index (κ2) is 7.97. The summed E-state index contributed by atoms with van der Waals surface area (Å²) in [7, 11) is 0. The molecule has 0 aliphatic carbocycles. The molecular formula is C5H6F6N2O5. The molecule has 0 spiro atoms. The molecule has 13 heteroatoms. The maximum atomic E-state index is 10.6. The van der Waals surface area contributed by atoms with Gasteiger partial charge in [-0.1, -0.05) is 0 Å². The highest BCUT2D eigenvalue weighted by Crippen LogP contribution is 2.13. The number of primary amides is 2. The number of alkyl halides is 6. The van der Waals surface area contributed by atoms with Crippen LogP contribution in [-0.2, 0) is 9.59 Å². The minimum atomic E-state index is -5.08. The Morgan fingerprint density at radius 2 is 0.778 bits per heavy atom. The minimum Gasteiger partial charge on any atom is -0.475 e. The number of rotatable bonds is 0. The van der Waals surface area contributed by atoms with E-state index < -0.39 is 30.3 Å². The van der Waals surface area contributed by atoms with E-state index in [1.54, 1.807) is 0 Å². The van der Waals surface area contributed by atoms with Crippen LogP contribution in [0.3, 0.4) is 0 Å². The Kier molecular flexibility index (Phi) is 9.34. The molecule has 0 atom stereocenters. The van der Waals surface area contributed by atoms with Crippen LogP contribution in [0, 0.1) is 0 Å². The number of halogens is 6. The molecule has 2 amide bonds. The second-order valence-electron chi connectivity index (χ2n) is 2.01. The number of amides is 2.